The van der Waals surface area contributed by atoms with Gasteiger partial charge in [-0.05, 0) is 164 Å². The number of aromatic amines is 1. The number of esters is 1. The summed E-state index contributed by atoms with van der Waals surface area (Å²) >= 11 is 0. The number of nitrogens with one attached hydrogen (secondary N) is 3. The fraction of sp³-hybridized carbons (Fsp3) is 0.704. The number of fused-ring (bicyclic) bond motifs is 5. The molecule has 5 aromatic rings. The van der Waals surface area contributed by atoms with Gasteiger partial charge in [-0.15, -0.1) is 5.10 Å². The lowest BCUT2D eigenvalue weighted by Crippen LogP contribution is -2.61. The Morgan fingerprint density at radius 1 is 0.714 bits per heavy atom. The summed E-state index contributed by atoms with van der Waals surface area (Å²) in [5, 5.41) is 44.1. The molecule has 4 aromatic heterocycles. The largest absolute Gasteiger partial charge is 0.495 e. The number of unbranched alkanes of at least 4 members (excludes halogenated alkanes) is 1. The van der Waals surface area contributed by atoms with Gasteiger partial charge in [0.15, 0.2) is 11.6 Å². The molecule has 3 amide bonds. The number of carbonyl (C=O) groups excluding carboxylic acids is 6. The number of cyclic esters (lactones) is 1. The van der Waals surface area contributed by atoms with Crippen molar-refractivity contribution in [2.24, 2.45) is 41.4 Å². The van der Waals surface area contributed by atoms with Gasteiger partial charge in [0.05, 0.1) is 154 Å². The lowest BCUT2D eigenvalue weighted by molar-refractivity contribution is -0.265. The third-order valence-electron chi connectivity index (χ3n) is 26.6. The fourth-order valence-electron chi connectivity index (χ4n) is 18.8. The topological polar surface area (TPSA) is 424 Å². The molecule has 2 bridgehead atoms. The molecule has 1 aromatic carbocycles. The molecule has 35 heteroatoms. The van der Waals surface area contributed by atoms with Crippen LogP contribution in [-0.4, -0.2) is 305 Å². The Bertz CT molecular complexity index is 4530. The number of nitrogens with zero attached hydrogens (tertiary/aromatic N) is 8. The number of aliphatic hydroxyl groups excluding tert-OH is 1. The number of methoxy groups -OCH3 is 5. The van der Waals surface area contributed by atoms with Crippen LogP contribution in [0.2, 0.25) is 0 Å². The minimum absolute atomic E-state index is 0.0206. The normalized spacial score (nSPS) is 28.2. The number of aryl methyl sites for hydroxylation is 1. The molecule has 4 fully saturated rings. The number of ketones is 2. The van der Waals surface area contributed by atoms with Crippen molar-refractivity contribution in [2.75, 3.05) is 160 Å². The highest BCUT2D eigenvalue weighted by molar-refractivity contribution is 6.39. The summed E-state index contributed by atoms with van der Waals surface area (Å²) in [6.45, 7) is 20.6. The highest BCUT2D eigenvalue weighted by Gasteiger charge is 2.53. The lowest BCUT2D eigenvalue weighted by Gasteiger charge is -2.43. The van der Waals surface area contributed by atoms with E-state index in [4.69, 9.17) is 81.8 Å². The molecule has 0 unspecified atom stereocenters. The molecular weight excluding hydrogens is 1710 g/mol. The average molecular weight is 1860 g/mol. The predicted molar refractivity (Wildman–Crippen MR) is 498 cm³/mol. The van der Waals surface area contributed by atoms with E-state index in [-0.39, 0.29) is 97.7 Å². The molecule has 740 valence electrons. The predicted octanol–water partition coefficient (Wildman–Crippen LogP) is 10.2. The maximum Gasteiger partial charge on any atom is 0.329 e. The first-order chi connectivity index (χ1) is 64.4. The van der Waals surface area contributed by atoms with Crippen LogP contribution in [-0.2, 0) is 108 Å². The second kappa shape index (κ2) is 55.7. The van der Waals surface area contributed by atoms with Gasteiger partial charge >= 0.3 is 5.97 Å². The summed E-state index contributed by atoms with van der Waals surface area (Å²) in [6.07, 6.45) is 22.0. The van der Waals surface area contributed by atoms with Crippen LogP contribution in [0.1, 0.15) is 188 Å². The van der Waals surface area contributed by atoms with Gasteiger partial charge < -0.3 is 108 Å². The summed E-state index contributed by atoms with van der Waals surface area (Å²) in [4.78, 5) is 97.7. The van der Waals surface area contributed by atoms with Crippen molar-refractivity contribution in [2.45, 2.75) is 250 Å². The SMILES string of the molecule is COc1cccc2cc(-c3nc(C4CCC(C(=O)NCCOCCOCCOCCNC(=O)CCOCCOCCOCCOCCn5cc(CCCCO[C@@H]6CC[C@@H](C[C@@H](C)[C@@H]7C[C@@H](OC)[C@H](C)/C=C(\C)[C@@H](O)[C@@H](OC)C(=O)[C@H](C)C[C@H](C)/C=C/C=C/C=C(\C)[C@@H](OC)C[C@@H]8CC[C@@H](C)[C@@](O)(O8)C(=O)C(=O)N8CCCC[C@H]8C(=O)O7)C[C@H]6OC)nn5)CC4)n4ncnc(N)c34)[nH]c12. The standard InChI is InChI=1S/C98H150N12O23/c1-64-21-14-13-15-22-65(2)81(120-9)60-76-33-27-70(7)98(118,133-76)92(114)96(116)109-38-18-16-25-78(109)97(117)132-83(61-82(121-10)66(3)56-69(6)90(113)91(123-12)89(112)68(5)55-64)67(4)57-71-28-34-79(84(58-71)122-11)131-40-19-17-24-75-62-108(107-106-75)39-44-127-48-52-130-54-53-128-49-45-124-41-35-85(111)100-36-42-125-46-50-129-51-47-126-43-37-101-95(115)73-31-29-72(30-32-73)94-105-87(88-93(99)102-63-103-110(88)94)77-59-74-23-20-26-80(119-8)86(74)104-77/h13-15,20-23,26,56,59,62-64,66-68,70-73,76,78-79,81-84,90-91,104,113,118H,16-19,24-25,27-55,57-58,60-61H2,1-12H3,(H,100,111)(H,101,115)(H2,99,102,103)/b15-13+,21-14+,65-22+,69-56+/t64-,66-,67-,68-,70-,71+,72?,73?,76+,78+,79-,81+,82-,83+,84-,90-,91+,98-/m1/s1. The van der Waals surface area contributed by atoms with Crippen LogP contribution in [0, 0.1) is 41.4 Å². The zero-order valence-corrected chi connectivity index (χ0v) is 80.4. The maximum absolute atomic E-state index is 15.0. The molecule has 0 radical (unpaired) electrons. The first-order valence-corrected chi connectivity index (χ1v) is 48.1. The number of hydrogen-bond acceptors (Lipinski definition) is 29. The Kier molecular flexibility index (Phi) is 44.7. The molecule has 133 heavy (non-hydrogen) atoms. The minimum atomic E-state index is -2.44. The minimum Gasteiger partial charge on any atom is -0.495 e. The molecule has 16 atom stereocenters. The molecule has 7 heterocycles. The van der Waals surface area contributed by atoms with Gasteiger partial charge in [-0.1, -0.05) is 88.4 Å². The summed E-state index contributed by atoms with van der Waals surface area (Å²) in [5.74, 6) is -5.18. The number of aromatic nitrogens is 8. The second-order valence-electron chi connectivity index (χ2n) is 36.3. The number of aliphatic hydroxyl groups is 2. The second-order valence-corrected chi connectivity index (χ2v) is 36.3. The van der Waals surface area contributed by atoms with Crippen molar-refractivity contribution in [1.29, 1.82) is 0 Å². The van der Waals surface area contributed by atoms with E-state index in [9.17, 15) is 39.0 Å². The first-order valence-electron chi connectivity index (χ1n) is 48.1. The number of imidazole rings is 1. The van der Waals surface area contributed by atoms with Crippen LogP contribution in [0.4, 0.5) is 5.82 Å². The number of hydrogen-bond donors (Lipinski definition) is 6. The number of anilines is 1. The number of carbonyl (C=O) groups is 6. The molecule has 3 aliphatic heterocycles. The number of H-pyrrole nitrogens is 1. The molecule has 2 aliphatic carbocycles. The summed E-state index contributed by atoms with van der Waals surface area (Å²) in [6, 6.07) is 6.78. The van der Waals surface area contributed by atoms with E-state index in [2.05, 4.69) is 42.9 Å². The number of allylic oxidation sites excluding steroid dienone is 5. The quantitative estimate of drug-likeness (QED) is 0.00913. The Morgan fingerprint density at radius 2 is 1.41 bits per heavy atom. The molecule has 2 saturated heterocycles. The van der Waals surface area contributed by atoms with Gasteiger partial charge in [0.25, 0.3) is 11.7 Å². The fourth-order valence-corrected chi connectivity index (χ4v) is 18.8. The summed E-state index contributed by atoms with van der Waals surface area (Å²) in [5.41, 5.74) is 11.7. The lowest BCUT2D eigenvalue weighted by atomic mass is 9.78. The summed E-state index contributed by atoms with van der Waals surface area (Å²) in [7, 11) is 7.97. The number of ether oxygens (including phenoxy) is 15. The number of nitrogens with two attached hydrogens (primary N) is 1. The number of rotatable bonds is 44. The smallest absolute Gasteiger partial charge is 0.329 e. The number of nitrogen functional groups attached to an aromatic ring is 1. The third-order valence-corrected chi connectivity index (χ3v) is 26.6. The number of Topliss-reactive ketones (excluding diaryl/α,β-unsaturated/α-hetero) is 2. The van der Waals surface area contributed by atoms with Crippen molar-refractivity contribution in [3.05, 3.63) is 95.9 Å². The summed E-state index contributed by atoms with van der Waals surface area (Å²) < 4.78 is 92.2. The first kappa shape index (κ1) is 107. The number of benzene rings is 1. The van der Waals surface area contributed by atoms with Crippen molar-refractivity contribution >= 4 is 57.5 Å². The zero-order chi connectivity index (χ0) is 95.2. The van der Waals surface area contributed by atoms with Gasteiger partial charge in [-0.25, -0.2) is 24.0 Å². The number of amides is 3. The Labute approximate surface area is 783 Å². The Morgan fingerprint density at radius 3 is 2.10 bits per heavy atom. The Hall–Kier alpha value is -8.37. The number of para-hydroxylation sites is 1. The van der Waals surface area contributed by atoms with E-state index in [1.54, 1.807) is 51.5 Å². The van der Waals surface area contributed by atoms with Crippen LogP contribution in [0.25, 0.3) is 27.8 Å². The van der Waals surface area contributed by atoms with Crippen LogP contribution < -0.4 is 21.1 Å². The molecule has 10 rings (SSSR count). The average Bonchev–Trinajstić information content (AvgIpc) is 1.62. The van der Waals surface area contributed by atoms with Crippen LogP contribution >= 0.6 is 0 Å². The van der Waals surface area contributed by atoms with E-state index in [0.29, 0.717) is 186 Å². The molecule has 0 spiro atoms. The zero-order valence-electron chi connectivity index (χ0n) is 80.4. The molecular formula is C98H150N12O23. The van der Waals surface area contributed by atoms with Gasteiger partial charge in [-0.3, -0.25) is 24.0 Å². The van der Waals surface area contributed by atoms with Crippen molar-refractivity contribution in [3.8, 4) is 17.1 Å². The molecule has 2 saturated carbocycles. The monoisotopic (exact) mass is 1860 g/mol. The van der Waals surface area contributed by atoms with Gasteiger partial charge in [0.1, 0.15) is 53.5 Å². The van der Waals surface area contributed by atoms with Crippen LogP contribution in [0.15, 0.2) is 84.4 Å². The number of piperidine rings is 1. The van der Waals surface area contributed by atoms with Crippen molar-refractivity contribution in [3.63, 3.8) is 0 Å². The van der Waals surface area contributed by atoms with E-state index >= 15 is 0 Å². The highest BCUT2D eigenvalue weighted by atomic mass is 16.6. The van der Waals surface area contributed by atoms with Crippen LogP contribution in [0.3, 0.4) is 0 Å². The van der Waals surface area contributed by atoms with Gasteiger partial charge in [0, 0.05) is 115 Å². The van der Waals surface area contributed by atoms with Crippen LogP contribution in [0.5, 0.6) is 5.75 Å². The van der Waals surface area contributed by atoms with E-state index in [1.165, 1.54) is 18.3 Å². The molecule has 35 nitrogen and oxygen atoms in total. The van der Waals surface area contributed by atoms with E-state index < -0.39 is 77.9 Å². The van der Waals surface area contributed by atoms with E-state index in [0.717, 1.165) is 97.2 Å². The van der Waals surface area contributed by atoms with Gasteiger partial charge in [0.2, 0.25) is 17.6 Å². The Balaban J connectivity index is 0.544. The highest BCUT2D eigenvalue weighted by Crippen LogP contribution is 2.42. The molecule has 5 aliphatic rings. The van der Waals surface area contributed by atoms with Crippen molar-refractivity contribution in [1.82, 2.24) is 55.1 Å². The maximum atomic E-state index is 15.0. The molecule has 7 N–H and O–H groups in total. The van der Waals surface area contributed by atoms with Gasteiger partial charge in [-0.2, -0.15) is 5.10 Å². The van der Waals surface area contributed by atoms with Crippen molar-refractivity contribution < 1.29 is 110 Å². The van der Waals surface area contributed by atoms with E-state index in [1.807, 2.05) is 94.6 Å². The third kappa shape index (κ3) is 31.9.